The fraction of sp³-hybridized carbons (Fsp3) is 0.235. The summed E-state index contributed by atoms with van der Waals surface area (Å²) in [6.07, 6.45) is 0.832. The molecule has 0 spiro atoms. The highest BCUT2D eigenvalue weighted by atomic mass is 79.9. The quantitative estimate of drug-likeness (QED) is 0.782. The lowest BCUT2D eigenvalue weighted by Gasteiger charge is -2.18. The van der Waals surface area contributed by atoms with Gasteiger partial charge >= 0.3 is 0 Å². The van der Waals surface area contributed by atoms with Crippen molar-refractivity contribution in [3.63, 3.8) is 0 Å². The zero-order valence-corrected chi connectivity index (χ0v) is 14.3. The van der Waals surface area contributed by atoms with Crippen LogP contribution in [0.2, 0.25) is 5.02 Å². The van der Waals surface area contributed by atoms with E-state index in [1.54, 1.807) is 18.2 Å². The summed E-state index contributed by atoms with van der Waals surface area (Å²) >= 11 is 9.36. The molecule has 2 rings (SSSR count). The molecule has 0 radical (unpaired) electrons. The number of amides is 1. The minimum absolute atomic E-state index is 0.000484. The largest absolute Gasteiger partial charge is 0.345 e. The van der Waals surface area contributed by atoms with E-state index in [-0.39, 0.29) is 11.9 Å². The standard InChI is InChI=1S/C17H17BrClNO/c1-3-16(12-6-4-11(2)5-7-12)20-17(21)13-8-9-14(18)15(19)10-13/h4-10,16H,3H2,1-2H3,(H,20,21). The van der Waals surface area contributed by atoms with Crippen LogP contribution in [0.5, 0.6) is 0 Å². The van der Waals surface area contributed by atoms with Gasteiger partial charge < -0.3 is 5.32 Å². The maximum atomic E-state index is 12.3. The molecule has 0 aliphatic rings. The Balaban J connectivity index is 2.15. The van der Waals surface area contributed by atoms with Crippen LogP contribution in [0.1, 0.15) is 40.9 Å². The molecule has 0 aliphatic heterocycles. The summed E-state index contributed by atoms with van der Waals surface area (Å²) in [4.78, 5) is 12.3. The third-order valence-electron chi connectivity index (χ3n) is 3.38. The number of hydrogen-bond donors (Lipinski definition) is 1. The lowest BCUT2D eigenvalue weighted by Crippen LogP contribution is -2.28. The third-order valence-corrected chi connectivity index (χ3v) is 4.61. The summed E-state index contributed by atoms with van der Waals surface area (Å²) < 4.78 is 0.784. The molecular weight excluding hydrogens is 350 g/mol. The normalized spacial score (nSPS) is 12.0. The number of carbonyl (C=O) groups excluding carboxylic acids is 1. The second-order valence-electron chi connectivity index (χ2n) is 4.97. The van der Waals surface area contributed by atoms with Crippen molar-refractivity contribution in [2.24, 2.45) is 0 Å². The lowest BCUT2D eigenvalue weighted by atomic mass is 10.0. The molecule has 21 heavy (non-hydrogen) atoms. The van der Waals surface area contributed by atoms with Crippen LogP contribution >= 0.6 is 27.5 Å². The lowest BCUT2D eigenvalue weighted by molar-refractivity contribution is 0.0935. The Bertz CT molecular complexity index is 640. The zero-order chi connectivity index (χ0) is 15.4. The molecule has 0 bridgehead atoms. The minimum atomic E-state index is -0.114. The predicted molar refractivity (Wildman–Crippen MR) is 90.8 cm³/mol. The van der Waals surface area contributed by atoms with E-state index in [4.69, 9.17) is 11.6 Å². The first-order valence-corrected chi connectivity index (χ1v) is 8.01. The monoisotopic (exact) mass is 365 g/mol. The topological polar surface area (TPSA) is 29.1 Å². The second-order valence-corrected chi connectivity index (χ2v) is 6.24. The molecule has 0 aliphatic carbocycles. The highest BCUT2D eigenvalue weighted by Gasteiger charge is 2.14. The van der Waals surface area contributed by atoms with E-state index in [9.17, 15) is 4.79 Å². The first-order valence-electron chi connectivity index (χ1n) is 6.83. The molecule has 1 N–H and O–H groups in total. The van der Waals surface area contributed by atoms with Gasteiger partial charge in [-0.15, -0.1) is 0 Å². The Hall–Kier alpha value is -1.32. The van der Waals surface area contributed by atoms with Gasteiger partial charge in [-0.3, -0.25) is 4.79 Å². The van der Waals surface area contributed by atoms with E-state index in [0.717, 1.165) is 16.5 Å². The van der Waals surface area contributed by atoms with Crippen LogP contribution in [-0.4, -0.2) is 5.91 Å². The van der Waals surface area contributed by atoms with Crippen LogP contribution in [0.4, 0.5) is 0 Å². The van der Waals surface area contributed by atoms with Crippen molar-refractivity contribution in [2.45, 2.75) is 26.3 Å². The molecule has 0 heterocycles. The average molecular weight is 367 g/mol. The molecular formula is C17H17BrClNO. The van der Waals surface area contributed by atoms with Gasteiger partial charge in [-0.25, -0.2) is 0 Å². The summed E-state index contributed by atoms with van der Waals surface area (Å²) in [7, 11) is 0. The number of carbonyl (C=O) groups is 1. The molecule has 0 saturated heterocycles. The van der Waals surface area contributed by atoms with Crippen molar-refractivity contribution in [3.05, 3.63) is 68.7 Å². The summed E-state index contributed by atoms with van der Waals surface area (Å²) in [5.74, 6) is -0.114. The Morgan fingerprint density at radius 2 is 1.90 bits per heavy atom. The predicted octanol–water partition coefficient (Wildman–Crippen LogP) is 5.29. The molecule has 0 fully saturated rings. The van der Waals surface area contributed by atoms with Crippen LogP contribution in [0.3, 0.4) is 0 Å². The van der Waals surface area contributed by atoms with E-state index in [1.165, 1.54) is 5.56 Å². The maximum absolute atomic E-state index is 12.3. The van der Waals surface area contributed by atoms with Crippen molar-refractivity contribution in [3.8, 4) is 0 Å². The number of aryl methyl sites for hydroxylation is 1. The fourth-order valence-electron chi connectivity index (χ4n) is 2.10. The number of benzene rings is 2. The first kappa shape index (κ1) is 16.1. The molecule has 2 nitrogen and oxygen atoms in total. The van der Waals surface area contributed by atoms with Crippen LogP contribution in [0.25, 0.3) is 0 Å². The summed E-state index contributed by atoms with van der Waals surface area (Å²) in [5.41, 5.74) is 2.88. The van der Waals surface area contributed by atoms with Gasteiger partial charge in [0.2, 0.25) is 0 Å². The Morgan fingerprint density at radius 3 is 2.48 bits per heavy atom. The molecule has 1 unspecified atom stereocenters. The number of halogens is 2. The Labute approximate surface area is 138 Å². The van der Waals surface area contributed by atoms with Gasteiger partial charge in [0.1, 0.15) is 0 Å². The molecule has 0 saturated carbocycles. The maximum Gasteiger partial charge on any atom is 0.251 e. The van der Waals surface area contributed by atoms with Crippen molar-refractivity contribution in [1.29, 1.82) is 0 Å². The highest BCUT2D eigenvalue weighted by molar-refractivity contribution is 9.10. The smallest absolute Gasteiger partial charge is 0.251 e. The van der Waals surface area contributed by atoms with Crippen LogP contribution in [0.15, 0.2) is 46.9 Å². The zero-order valence-electron chi connectivity index (χ0n) is 12.0. The molecule has 1 amide bonds. The number of hydrogen-bond acceptors (Lipinski definition) is 1. The average Bonchev–Trinajstić information content (AvgIpc) is 2.48. The summed E-state index contributed by atoms with van der Waals surface area (Å²) in [6.45, 7) is 4.10. The molecule has 0 aromatic heterocycles. The number of rotatable bonds is 4. The molecule has 2 aromatic rings. The van der Waals surface area contributed by atoms with Gasteiger partial charge in [-0.05, 0) is 53.0 Å². The molecule has 1 atom stereocenters. The van der Waals surface area contributed by atoms with Crippen molar-refractivity contribution in [2.75, 3.05) is 0 Å². The summed E-state index contributed by atoms with van der Waals surface area (Å²) in [6, 6.07) is 13.4. The molecule has 4 heteroatoms. The van der Waals surface area contributed by atoms with Crippen molar-refractivity contribution < 1.29 is 4.79 Å². The SMILES string of the molecule is CCC(NC(=O)c1ccc(Br)c(Cl)c1)c1ccc(C)cc1. The third kappa shape index (κ3) is 4.08. The Kier molecular flexibility index (Phi) is 5.43. The van der Waals surface area contributed by atoms with Gasteiger partial charge in [0.25, 0.3) is 5.91 Å². The minimum Gasteiger partial charge on any atom is -0.345 e. The highest BCUT2D eigenvalue weighted by Crippen LogP contribution is 2.24. The van der Waals surface area contributed by atoms with Crippen molar-refractivity contribution >= 4 is 33.4 Å². The van der Waals surface area contributed by atoms with Gasteiger partial charge in [0, 0.05) is 10.0 Å². The van der Waals surface area contributed by atoms with E-state index >= 15 is 0 Å². The molecule has 2 aromatic carbocycles. The summed E-state index contributed by atoms with van der Waals surface area (Å²) in [5, 5.41) is 3.59. The van der Waals surface area contributed by atoms with E-state index in [1.807, 2.05) is 6.92 Å². The van der Waals surface area contributed by atoms with E-state index < -0.39 is 0 Å². The van der Waals surface area contributed by atoms with Crippen LogP contribution in [0, 0.1) is 6.92 Å². The van der Waals surface area contributed by atoms with Crippen LogP contribution < -0.4 is 5.32 Å². The Morgan fingerprint density at radius 1 is 1.24 bits per heavy atom. The van der Waals surface area contributed by atoms with Gasteiger partial charge in [0.15, 0.2) is 0 Å². The van der Waals surface area contributed by atoms with E-state index in [2.05, 4.69) is 52.4 Å². The van der Waals surface area contributed by atoms with Gasteiger partial charge in [-0.1, -0.05) is 48.4 Å². The number of nitrogens with one attached hydrogen (secondary N) is 1. The van der Waals surface area contributed by atoms with Crippen molar-refractivity contribution in [1.82, 2.24) is 5.32 Å². The van der Waals surface area contributed by atoms with Gasteiger partial charge in [-0.2, -0.15) is 0 Å². The van der Waals surface area contributed by atoms with Crippen LogP contribution in [-0.2, 0) is 0 Å². The van der Waals surface area contributed by atoms with Gasteiger partial charge in [0.05, 0.1) is 11.1 Å². The fourth-order valence-corrected chi connectivity index (χ4v) is 2.53. The van der Waals surface area contributed by atoms with E-state index in [0.29, 0.717) is 10.6 Å². The molecule has 110 valence electrons. The second kappa shape index (κ2) is 7.10. The first-order chi connectivity index (χ1) is 10.0.